The molecule has 2 heterocycles. The maximum Gasteiger partial charge on any atom is 0.334 e. The summed E-state index contributed by atoms with van der Waals surface area (Å²) >= 11 is 6.02. The summed E-state index contributed by atoms with van der Waals surface area (Å²) in [6, 6.07) is 7.74. The van der Waals surface area contributed by atoms with Crippen molar-refractivity contribution in [3.8, 4) is 5.75 Å². The highest BCUT2D eigenvalue weighted by Gasteiger charge is 2.49. The zero-order valence-electron chi connectivity index (χ0n) is 20.8. The molecule has 0 spiro atoms. The van der Waals surface area contributed by atoms with Gasteiger partial charge in [-0.25, -0.2) is 4.79 Å². The molecule has 184 valence electrons. The zero-order chi connectivity index (χ0) is 24.5. The molecule has 0 bridgehead atoms. The van der Waals surface area contributed by atoms with Crippen molar-refractivity contribution in [3.63, 3.8) is 0 Å². The lowest BCUT2D eigenvalue weighted by Crippen LogP contribution is -2.36. The fourth-order valence-corrected chi connectivity index (χ4v) is 8.29. The second kappa shape index (κ2) is 10.1. The lowest BCUT2D eigenvalue weighted by atomic mass is 9.88. The second-order valence-electron chi connectivity index (χ2n) is 9.81. The summed E-state index contributed by atoms with van der Waals surface area (Å²) in [6.07, 6.45) is 9.14. The molecule has 4 rings (SSSR count). The van der Waals surface area contributed by atoms with Crippen LogP contribution in [0.3, 0.4) is 0 Å². The van der Waals surface area contributed by atoms with Gasteiger partial charge in [0.15, 0.2) is 0 Å². The quantitative estimate of drug-likeness (QED) is 0.269. The molecule has 0 radical (unpaired) electrons. The zero-order valence-corrected chi connectivity index (χ0v) is 22.5. The van der Waals surface area contributed by atoms with Crippen LogP contribution >= 0.6 is 6.49 Å². The Kier molecular flexibility index (Phi) is 7.54. The van der Waals surface area contributed by atoms with Gasteiger partial charge in [0, 0.05) is 10.9 Å². The number of carbonyl (C=O) groups is 1. The molecule has 0 N–H and O–H groups in total. The van der Waals surface area contributed by atoms with Gasteiger partial charge in [-0.2, -0.15) is 0 Å². The molecule has 1 unspecified atom stereocenters. The first-order valence-electron chi connectivity index (χ1n) is 12.0. The maximum atomic E-state index is 12.2. The van der Waals surface area contributed by atoms with Gasteiger partial charge >= 0.3 is 5.97 Å². The van der Waals surface area contributed by atoms with E-state index >= 15 is 0 Å². The number of allylic oxidation sites excluding steroid dienone is 3. The first-order valence-corrected chi connectivity index (χ1v) is 14.6. The third-order valence-corrected chi connectivity index (χ3v) is 10.4. The fraction of sp³-hybridized carbons (Fsp3) is 0.519. The number of esters is 1. The van der Waals surface area contributed by atoms with Crippen LogP contribution < -0.4 is 10.0 Å². The molecular formula is C27H35O5PS. The summed E-state index contributed by atoms with van der Waals surface area (Å²) in [5, 5.41) is 0.914. The van der Waals surface area contributed by atoms with E-state index < -0.39 is 12.1 Å². The van der Waals surface area contributed by atoms with Crippen LogP contribution in [0.15, 0.2) is 58.7 Å². The van der Waals surface area contributed by atoms with E-state index in [4.69, 9.17) is 30.3 Å². The molecule has 4 atom stereocenters. The van der Waals surface area contributed by atoms with Crippen LogP contribution in [0.1, 0.15) is 66.2 Å². The second-order valence-corrected chi connectivity index (χ2v) is 13.2. The minimum absolute atomic E-state index is 0.108. The Morgan fingerprint density at radius 3 is 2.53 bits per heavy atom. The van der Waals surface area contributed by atoms with Crippen molar-refractivity contribution < 1.29 is 23.3 Å². The predicted octanol–water partition coefficient (Wildman–Crippen LogP) is 6.29. The van der Waals surface area contributed by atoms with Crippen LogP contribution in [-0.4, -0.2) is 30.9 Å². The Balaban J connectivity index is 1.61. The number of carbonyl (C=O) groups excluding carboxylic acids is 1. The van der Waals surface area contributed by atoms with Gasteiger partial charge in [-0.05, 0) is 114 Å². The lowest BCUT2D eigenvalue weighted by Gasteiger charge is -2.28. The maximum absolute atomic E-state index is 12.2. The summed E-state index contributed by atoms with van der Waals surface area (Å²) in [4.78, 5) is 12.2. The predicted molar refractivity (Wildman–Crippen MR) is 139 cm³/mol. The normalized spacial score (nSPS) is 35.9. The minimum Gasteiger partial charge on any atom is -0.497 e. The average molecular weight is 503 g/mol. The standard InChI is InChI=1S/C27H35O5PS/c1-18-7-6-16-27(4)25(31-33(34,32-27)22-12-10-21(29-5)11-13-22)15-9-19(2)17-24-23(14-8-18)20(3)26(28)30-24/h7,10-13,17,24-25H,6,8-9,14-16H2,1-5H3/b18-7+,19-17+/t24-,25-,27-,33?/m0/s1. The molecule has 34 heavy (non-hydrogen) atoms. The summed E-state index contributed by atoms with van der Waals surface area (Å²) < 4.78 is 24.2. The van der Waals surface area contributed by atoms with E-state index in [2.05, 4.69) is 32.9 Å². The van der Waals surface area contributed by atoms with Gasteiger partial charge in [0.25, 0.3) is 0 Å². The summed E-state index contributed by atoms with van der Waals surface area (Å²) in [5.41, 5.74) is 3.90. The topological polar surface area (TPSA) is 54.0 Å². The van der Waals surface area contributed by atoms with E-state index in [1.54, 1.807) is 7.11 Å². The van der Waals surface area contributed by atoms with Crippen LogP contribution in [0.2, 0.25) is 0 Å². The van der Waals surface area contributed by atoms with Gasteiger partial charge < -0.3 is 18.5 Å². The summed E-state index contributed by atoms with van der Waals surface area (Å²) in [6.45, 7) is 5.64. The van der Waals surface area contributed by atoms with E-state index in [9.17, 15) is 4.79 Å². The first-order chi connectivity index (χ1) is 16.1. The summed E-state index contributed by atoms with van der Waals surface area (Å²) in [7, 11) is 1.65. The van der Waals surface area contributed by atoms with Gasteiger partial charge in [-0.1, -0.05) is 17.2 Å². The summed E-state index contributed by atoms with van der Waals surface area (Å²) in [5.74, 6) is 0.585. The molecule has 7 heteroatoms. The van der Waals surface area contributed by atoms with E-state index in [0.717, 1.165) is 60.7 Å². The Labute approximate surface area is 208 Å². The molecule has 1 aromatic carbocycles. The molecule has 0 saturated carbocycles. The molecule has 3 aliphatic rings. The molecule has 1 saturated heterocycles. The smallest absolute Gasteiger partial charge is 0.334 e. The van der Waals surface area contributed by atoms with Crippen molar-refractivity contribution >= 4 is 29.6 Å². The third-order valence-electron chi connectivity index (χ3n) is 7.19. The van der Waals surface area contributed by atoms with Crippen molar-refractivity contribution in [2.75, 3.05) is 7.11 Å². The van der Waals surface area contributed by atoms with E-state index in [1.165, 1.54) is 11.1 Å². The SMILES string of the molecule is COc1ccc(P2(=S)O[C@H]3CC/C(C)=C/[C@@H]4OC(=O)C(C)=C4CC/C(C)=C/CC[C@]3(C)O2)cc1. The molecule has 0 amide bonds. The number of hydrogen-bond donors (Lipinski definition) is 0. The van der Waals surface area contributed by atoms with Gasteiger partial charge in [-0.15, -0.1) is 0 Å². The van der Waals surface area contributed by atoms with Crippen molar-refractivity contribution in [1.29, 1.82) is 0 Å². The van der Waals surface area contributed by atoms with Crippen molar-refractivity contribution in [2.45, 2.75) is 84.0 Å². The number of hydrogen-bond acceptors (Lipinski definition) is 6. The number of methoxy groups -OCH3 is 1. The minimum atomic E-state index is -2.64. The van der Waals surface area contributed by atoms with Crippen LogP contribution in [0, 0.1) is 0 Å². The highest BCUT2D eigenvalue weighted by Crippen LogP contribution is 2.61. The van der Waals surface area contributed by atoms with Gasteiger partial charge in [0.1, 0.15) is 11.9 Å². The van der Waals surface area contributed by atoms with Crippen molar-refractivity contribution in [1.82, 2.24) is 0 Å². The average Bonchev–Trinajstić information content (AvgIpc) is 3.22. The number of rotatable bonds is 2. The fourth-order valence-electron chi connectivity index (χ4n) is 4.90. The Morgan fingerprint density at radius 1 is 1.09 bits per heavy atom. The van der Waals surface area contributed by atoms with Crippen LogP contribution in [-0.2, 0) is 30.4 Å². The monoisotopic (exact) mass is 502 g/mol. The van der Waals surface area contributed by atoms with E-state index in [0.29, 0.717) is 0 Å². The van der Waals surface area contributed by atoms with Gasteiger partial charge in [-0.3, -0.25) is 0 Å². The van der Waals surface area contributed by atoms with Gasteiger partial charge in [0.05, 0.1) is 18.8 Å². The lowest BCUT2D eigenvalue weighted by molar-refractivity contribution is -0.138. The Bertz CT molecular complexity index is 1090. The number of ether oxygens (including phenoxy) is 2. The first kappa shape index (κ1) is 25.4. The van der Waals surface area contributed by atoms with E-state index in [1.807, 2.05) is 31.2 Å². The number of benzene rings is 1. The third kappa shape index (κ3) is 5.26. The van der Waals surface area contributed by atoms with Crippen LogP contribution in [0.4, 0.5) is 0 Å². The van der Waals surface area contributed by atoms with Crippen molar-refractivity contribution in [3.05, 3.63) is 58.7 Å². The Morgan fingerprint density at radius 2 is 1.82 bits per heavy atom. The van der Waals surface area contributed by atoms with Gasteiger partial charge in [0.2, 0.25) is 6.49 Å². The highest BCUT2D eigenvalue weighted by atomic mass is 32.5. The Hall–Kier alpha value is -1.72. The van der Waals surface area contributed by atoms with Crippen molar-refractivity contribution in [2.24, 2.45) is 0 Å². The number of fused-ring (bicyclic) bond motifs is 2. The molecule has 1 aliphatic carbocycles. The largest absolute Gasteiger partial charge is 0.497 e. The molecular weight excluding hydrogens is 467 g/mol. The molecule has 2 aliphatic heterocycles. The molecule has 1 fully saturated rings. The van der Waals surface area contributed by atoms with E-state index in [-0.39, 0.29) is 18.2 Å². The van der Waals surface area contributed by atoms with Crippen LogP contribution in [0.25, 0.3) is 0 Å². The van der Waals surface area contributed by atoms with Crippen LogP contribution in [0.5, 0.6) is 5.75 Å². The molecule has 5 nitrogen and oxygen atoms in total. The molecule has 0 aromatic heterocycles. The molecule has 1 aromatic rings. The highest BCUT2D eigenvalue weighted by molar-refractivity contribution is 8.13.